The van der Waals surface area contributed by atoms with E-state index in [0.717, 1.165) is 0 Å². The number of nitrogens with zero attached hydrogens (tertiary/aromatic N) is 2. The lowest BCUT2D eigenvalue weighted by atomic mass is 10.1. The lowest BCUT2D eigenvalue weighted by Crippen LogP contribution is -2.50. The summed E-state index contributed by atoms with van der Waals surface area (Å²) < 4.78 is 41.0. The van der Waals surface area contributed by atoms with E-state index in [9.17, 15) is 22.8 Å². The van der Waals surface area contributed by atoms with E-state index in [0.29, 0.717) is 47.9 Å². The second-order valence-corrected chi connectivity index (χ2v) is 7.33. The molecule has 9 heteroatoms. The maximum Gasteiger partial charge on any atom is 0.411 e. The first-order chi connectivity index (χ1) is 14.2. The number of rotatable bonds is 5. The Labute approximate surface area is 177 Å². The number of hydrogen-bond acceptors (Lipinski definition) is 3. The zero-order chi connectivity index (χ0) is 21.7. The quantitative estimate of drug-likeness (QED) is 0.705. The molecule has 0 unspecified atom stereocenters. The van der Waals surface area contributed by atoms with Crippen LogP contribution in [0.15, 0.2) is 48.5 Å². The van der Waals surface area contributed by atoms with E-state index in [2.05, 4.69) is 4.74 Å². The van der Waals surface area contributed by atoms with Crippen LogP contribution in [-0.2, 0) is 11.3 Å². The maximum absolute atomic E-state index is 12.7. The first-order valence-corrected chi connectivity index (χ1v) is 9.68. The van der Waals surface area contributed by atoms with Crippen molar-refractivity contribution in [1.29, 1.82) is 0 Å². The number of piperazine rings is 1. The second-order valence-electron chi connectivity index (χ2n) is 6.90. The lowest BCUT2D eigenvalue weighted by molar-refractivity contribution is -0.176. The van der Waals surface area contributed by atoms with Gasteiger partial charge in [0.1, 0.15) is 6.61 Å². The standard InChI is InChI=1S/C21H20ClF3N2O3/c22-18-7-5-17(6-8-18)20(29)27-11-9-26(10-12-27)19(28)16-3-1-15(2-4-16)13-30-14-21(23,24)25/h1-8H,9-14H2. The van der Waals surface area contributed by atoms with Crippen molar-refractivity contribution in [3.8, 4) is 0 Å². The second kappa shape index (κ2) is 9.49. The van der Waals surface area contributed by atoms with E-state index in [1.165, 1.54) is 0 Å². The van der Waals surface area contributed by atoms with Gasteiger partial charge in [-0.15, -0.1) is 0 Å². The lowest BCUT2D eigenvalue weighted by Gasteiger charge is -2.35. The van der Waals surface area contributed by atoms with Crippen molar-refractivity contribution in [2.75, 3.05) is 32.8 Å². The molecule has 0 bridgehead atoms. The Hall–Kier alpha value is -2.58. The number of alkyl halides is 3. The Bertz CT molecular complexity index is 878. The summed E-state index contributed by atoms with van der Waals surface area (Å²) in [5.41, 5.74) is 1.53. The zero-order valence-corrected chi connectivity index (χ0v) is 16.7. The van der Waals surface area contributed by atoms with E-state index in [4.69, 9.17) is 11.6 Å². The van der Waals surface area contributed by atoms with Gasteiger partial charge in [-0.3, -0.25) is 9.59 Å². The molecule has 0 radical (unpaired) electrons. The van der Waals surface area contributed by atoms with Gasteiger partial charge < -0.3 is 14.5 Å². The van der Waals surface area contributed by atoms with Gasteiger partial charge in [0, 0.05) is 42.3 Å². The summed E-state index contributed by atoms with van der Waals surface area (Å²) in [5, 5.41) is 0.555. The number of amides is 2. The number of halogens is 4. The predicted molar refractivity (Wildman–Crippen MR) is 105 cm³/mol. The third-order valence-corrected chi connectivity index (χ3v) is 4.93. The number of ether oxygens (including phenoxy) is 1. The van der Waals surface area contributed by atoms with E-state index in [-0.39, 0.29) is 18.4 Å². The zero-order valence-electron chi connectivity index (χ0n) is 16.0. The van der Waals surface area contributed by atoms with Gasteiger partial charge in [-0.2, -0.15) is 13.2 Å². The topological polar surface area (TPSA) is 49.9 Å². The maximum atomic E-state index is 12.7. The van der Waals surface area contributed by atoms with Gasteiger partial charge in [0.05, 0.1) is 6.61 Å². The van der Waals surface area contributed by atoms with Crippen molar-refractivity contribution >= 4 is 23.4 Å². The summed E-state index contributed by atoms with van der Waals surface area (Å²) in [6.45, 7) is 0.127. The molecular weight excluding hydrogens is 421 g/mol. The number of benzene rings is 2. The summed E-state index contributed by atoms with van der Waals surface area (Å²) in [4.78, 5) is 28.6. The molecule has 0 N–H and O–H groups in total. The Balaban J connectivity index is 1.51. The van der Waals surface area contributed by atoms with Crippen molar-refractivity contribution in [2.24, 2.45) is 0 Å². The summed E-state index contributed by atoms with van der Waals surface area (Å²) in [7, 11) is 0. The molecule has 2 aromatic rings. The van der Waals surface area contributed by atoms with E-state index in [1.54, 1.807) is 58.3 Å². The highest BCUT2D eigenvalue weighted by atomic mass is 35.5. The van der Waals surface area contributed by atoms with Crippen molar-refractivity contribution in [3.05, 3.63) is 70.2 Å². The molecule has 2 amide bonds. The number of carbonyl (C=O) groups is 2. The van der Waals surface area contributed by atoms with Gasteiger partial charge >= 0.3 is 6.18 Å². The molecule has 160 valence electrons. The monoisotopic (exact) mass is 440 g/mol. The molecule has 0 atom stereocenters. The molecule has 0 aromatic heterocycles. The third kappa shape index (κ3) is 5.96. The highest BCUT2D eigenvalue weighted by molar-refractivity contribution is 6.30. The van der Waals surface area contributed by atoms with Gasteiger partial charge in [-0.05, 0) is 42.0 Å². The van der Waals surface area contributed by atoms with Crippen molar-refractivity contribution in [2.45, 2.75) is 12.8 Å². The molecule has 0 saturated carbocycles. The molecule has 0 aliphatic carbocycles. The van der Waals surface area contributed by atoms with Crippen molar-refractivity contribution < 1.29 is 27.5 Å². The molecule has 1 fully saturated rings. The number of hydrogen-bond donors (Lipinski definition) is 0. The average molecular weight is 441 g/mol. The summed E-state index contributed by atoms with van der Waals surface area (Å²) in [6.07, 6.45) is -4.37. The smallest absolute Gasteiger partial charge is 0.367 e. The van der Waals surface area contributed by atoms with Crippen LogP contribution in [0.25, 0.3) is 0 Å². The van der Waals surface area contributed by atoms with Crippen LogP contribution in [0.5, 0.6) is 0 Å². The van der Waals surface area contributed by atoms with Crippen LogP contribution in [0, 0.1) is 0 Å². The third-order valence-electron chi connectivity index (χ3n) is 4.68. The highest BCUT2D eigenvalue weighted by Crippen LogP contribution is 2.17. The van der Waals surface area contributed by atoms with Gasteiger partial charge in [-0.25, -0.2) is 0 Å². The minimum absolute atomic E-state index is 0.109. The van der Waals surface area contributed by atoms with Crippen LogP contribution in [0.4, 0.5) is 13.2 Å². The van der Waals surface area contributed by atoms with Crippen LogP contribution in [0.2, 0.25) is 5.02 Å². The fraction of sp³-hybridized carbons (Fsp3) is 0.333. The minimum atomic E-state index is -4.37. The normalized spacial score (nSPS) is 14.7. The summed E-state index contributed by atoms with van der Waals surface area (Å²) in [5.74, 6) is -0.293. The van der Waals surface area contributed by atoms with Gasteiger partial charge in [0.15, 0.2) is 0 Å². The van der Waals surface area contributed by atoms with Crippen LogP contribution >= 0.6 is 11.6 Å². The SMILES string of the molecule is O=C(c1ccc(Cl)cc1)N1CCN(C(=O)c2ccc(COCC(F)(F)F)cc2)CC1. The van der Waals surface area contributed by atoms with Gasteiger partial charge in [-0.1, -0.05) is 23.7 Å². The van der Waals surface area contributed by atoms with E-state index < -0.39 is 12.8 Å². The first kappa shape index (κ1) is 22.1. The van der Waals surface area contributed by atoms with Crippen LogP contribution < -0.4 is 0 Å². The Morgan fingerprint density at radius 2 is 1.27 bits per heavy atom. The first-order valence-electron chi connectivity index (χ1n) is 9.30. The largest absolute Gasteiger partial charge is 0.411 e. The van der Waals surface area contributed by atoms with Crippen LogP contribution in [0.1, 0.15) is 26.3 Å². The summed E-state index contributed by atoms with van der Waals surface area (Å²) >= 11 is 5.85. The van der Waals surface area contributed by atoms with Crippen LogP contribution in [-0.4, -0.2) is 60.6 Å². The predicted octanol–water partition coefficient (Wildman–Crippen LogP) is 4.02. The molecule has 2 aromatic carbocycles. The molecule has 1 heterocycles. The Morgan fingerprint density at radius 3 is 1.70 bits per heavy atom. The average Bonchev–Trinajstić information content (AvgIpc) is 2.73. The molecule has 3 rings (SSSR count). The minimum Gasteiger partial charge on any atom is -0.367 e. The highest BCUT2D eigenvalue weighted by Gasteiger charge is 2.27. The van der Waals surface area contributed by atoms with Crippen LogP contribution in [0.3, 0.4) is 0 Å². The molecule has 30 heavy (non-hydrogen) atoms. The molecular formula is C21H20ClF3N2O3. The molecule has 5 nitrogen and oxygen atoms in total. The molecule has 1 saturated heterocycles. The van der Waals surface area contributed by atoms with Gasteiger partial charge in [0.2, 0.25) is 0 Å². The molecule has 0 spiro atoms. The summed E-state index contributed by atoms with van der Waals surface area (Å²) in [6, 6.07) is 12.9. The Morgan fingerprint density at radius 1 is 0.833 bits per heavy atom. The fourth-order valence-corrected chi connectivity index (χ4v) is 3.22. The fourth-order valence-electron chi connectivity index (χ4n) is 3.10. The van der Waals surface area contributed by atoms with Crippen molar-refractivity contribution in [3.63, 3.8) is 0 Å². The van der Waals surface area contributed by atoms with E-state index >= 15 is 0 Å². The molecule has 1 aliphatic heterocycles. The Kier molecular flexibility index (Phi) is 6.99. The number of carbonyl (C=O) groups excluding carboxylic acids is 2. The van der Waals surface area contributed by atoms with Gasteiger partial charge in [0.25, 0.3) is 11.8 Å². The van der Waals surface area contributed by atoms with Crippen molar-refractivity contribution in [1.82, 2.24) is 9.80 Å². The molecule has 1 aliphatic rings. The van der Waals surface area contributed by atoms with E-state index in [1.807, 2.05) is 0 Å².